The molecule has 1 fully saturated rings. The zero-order chi connectivity index (χ0) is 48.7. The van der Waals surface area contributed by atoms with Crippen molar-refractivity contribution in [2.45, 2.75) is 129 Å². The molecular weight excluding hydrogens is 855 g/mol. The predicted molar refractivity (Wildman–Crippen MR) is 261 cm³/mol. The monoisotopic (exact) mass is 932 g/mol. The van der Waals surface area contributed by atoms with Crippen LogP contribution in [0.1, 0.15) is 107 Å². The number of carbonyl (C=O) groups excluding carboxylic acids is 5. The number of amides is 5. The summed E-state index contributed by atoms with van der Waals surface area (Å²) in [4.78, 5) is 79.9. The first-order valence-electron chi connectivity index (χ1n) is 23.6. The van der Waals surface area contributed by atoms with Gasteiger partial charge in [0.25, 0.3) is 5.91 Å². The van der Waals surface area contributed by atoms with Gasteiger partial charge in [-0.2, -0.15) is 0 Å². The Morgan fingerprint density at radius 3 is 2.05 bits per heavy atom. The maximum Gasteiger partial charge on any atom is 0.270 e. The first-order chi connectivity index (χ1) is 31.4. The fourth-order valence-corrected chi connectivity index (χ4v) is 10.2. The van der Waals surface area contributed by atoms with Crippen molar-refractivity contribution in [3.8, 4) is 0 Å². The summed E-state index contributed by atoms with van der Waals surface area (Å²) < 4.78 is 12.2. The number of thiazole rings is 1. The highest BCUT2D eigenvalue weighted by Gasteiger charge is 2.43. The molecule has 15 heteroatoms. The summed E-state index contributed by atoms with van der Waals surface area (Å²) >= 11 is 1.33. The Morgan fingerprint density at radius 2 is 1.48 bits per heavy atom. The van der Waals surface area contributed by atoms with E-state index in [-0.39, 0.29) is 59.8 Å². The minimum atomic E-state index is -0.777. The van der Waals surface area contributed by atoms with E-state index in [1.165, 1.54) is 11.3 Å². The maximum atomic E-state index is 14.5. The van der Waals surface area contributed by atoms with Gasteiger partial charge in [-0.1, -0.05) is 116 Å². The van der Waals surface area contributed by atoms with Crippen LogP contribution in [0.2, 0.25) is 0 Å². The molecule has 2 aromatic carbocycles. The van der Waals surface area contributed by atoms with E-state index in [1.54, 1.807) is 31.5 Å². The standard InChI is InChI=1S/C51H77N7O7S/c1-13-34(6)45(57(10)51(63)43(32(2)3)55-49(62)44(33(4)5)56(8)9)41(64-11)30-42(59)58-28-20-25-40(58)46(65-12)35(7)47(60)53-38(29-37-23-18-15-19-24-37)50-54-39(31-66-50)48(61)52-27-26-36-21-16-14-17-22-36/h14-19,21-24,31-35,38,40-41,43-46H,13,20,25-30H2,1-12H3,(H,52,61)(H,53,60)(H,55,62)/t34-,35+,38-,40-,41+,43-,44-,45+,46+/m0/s1. The fraction of sp³-hybridized carbons (Fsp3) is 0.608. The maximum absolute atomic E-state index is 14.5. The molecule has 3 aromatic rings. The largest absolute Gasteiger partial charge is 0.379 e. The second-order valence-corrected chi connectivity index (χ2v) is 19.7. The average molecular weight is 932 g/mol. The van der Waals surface area contributed by atoms with Gasteiger partial charge in [-0.05, 0) is 68.7 Å². The molecule has 9 atom stereocenters. The van der Waals surface area contributed by atoms with Gasteiger partial charge in [-0.25, -0.2) is 4.98 Å². The van der Waals surface area contributed by atoms with Crippen molar-refractivity contribution in [2.24, 2.45) is 23.7 Å². The Balaban J connectivity index is 1.49. The topological polar surface area (TPSA) is 163 Å². The number of likely N-dealkylation sites (tertiary alicyclic amines) is 1. The van der Waals surface area contributed by atoms with Crippen LogP contribution in [0.4, 0.5) is 0 Å². The second kappa shape index (κ2) is 26.0. The van der Waals surface area contributed by atoms with Crippen molar-refractivity contribution in [3.05, 3.63) is 87.9 Å². The Morgan fingerprint density at radius 1 is 0.848 bits per heavy atom. The molecule has 1 aliphatic heterocycles. The molecule has 0 aliphatic carbocycles. The summed E-state index contributed by atoms with van der Waals surface area (Å²) in [5.74, 6) is -1.97. The van der Waals surface area contributed by atoms with Crippen LogP contribution in [0.3, 0.4) is 0 Å². The van der Waals surface area contributed by atoms with Crippen molar-refractivity contribution in [1.82, 2.24) is 35.6 Å². The third-order valence-corrected chi connectivity index (χ3v) is 14.1. The molecule has 3 N–H and O–H groups in total. The van der Waals surface area contributed by atoms with Crippen LogP contribution < -0.4 is 16.0 Å². The second-order valence-electron chi connectivity index (χ2n) is 18.8. The van der Waals surface area contributed by atoms with E-state index in [1.807, 2.05) is 133 Å². The number of nitrogens with one attached hydrogen (secondary N) is 3. The number of rotatable bonds is 25. The summed E-state index contributed by atoms with van der Waals surface area (Å²) in [5.41, 5.74) is 2.42. The van der Waals surface area contributed by atoms with Crippen LogP contribution in [-0.4, -0.2) is 134 Å². The van der Waals surface area contributed by atoms with E-state index in [9.17, 15) is 24.0 Å². The summed E-state index contributed by atoms with van der Waals surface area (Å²) in [6.45, 7) is 14.7. The van der Waals surface area contributed by atoms with Gasteiger partial charge in [0.15, 0.2) is 0 Å². The van der Waals surface area contributed by atoms with Crippen molar-refractivity contribution >= 4 is 40.9 Å². The van der Waals surface area contributed by atoms with Crippen molar-refractivity contribution in [1.29, 1.82) is 0 Å². The van der Waals surface area contributed by atoms with E-state index < -0.39 is 42.3 Å². The third kappa shape index (κ3) is 14.4. The van der Waals surface area contributed by atoms with E-state index >= 15 is 0 Å². The van der Waals surface area contributed by atoms with Crippen molar-refractivity contribution in [3.63, 3.8) is 0 Å². The molecule has 14 nitrogen and oxygen atoms in total. The molecule has 1 saturated heterocycles. The number of likely N-dealkylation sites (N-methyl/N-ethyl adjacent to an activating group) is 2. The van der Waals surface area contributed by atoms with Crippen LogP contribution >= 0.6 is 11.3 Å². The summed E-state index contributed by atoms with van der Waals surface area (Å²) in [6.07, 6.45) is 2.00. The molecule has 0 bridgehead atoms. The molecule has 66 heavy (non-hydrogen) atoms. The van der Waals surface area contributed by atoms with Crippen LogP contribution in [0.5, 0.6) is 0 Å². The Bertz CT molecular complexity index is 1990. The Kier molecular flexibility index (Phi) is 21.2. The molecule has 1 aliphatic rings. The lowest BCUT2D eigenvalue weighted by Gasteiger charge is -2.41. The lowest BCUT2D eigenvalue weighted by atomic mass is 9.89. The highest BCUT2D eigenvalue weighted by atomic mass is 32.1. The number of ether oxygens (including phenoxy) is 2. The number of methoxy groups -OCH3 is 2. The zero-order valence-corrected chi connectivity index (χ0v) is 42.2. The molecule has 0 spiro atoms. The molecule has 1 aromatic heterocycles. The van der Waals surface area contributed by atoms with E-state index in [4.69, 9.17) is 14.5 Å². The van der Waals surface area contributed by atoms with Gasteiger partial charge < -0.3 is 35.2 Å². The fourth-order valence-electron chi connectivity index (χ4n) is 9.37. The molecule has 0 unspecified atom stereocenters. The quantitative estimate of drug-likeness (QED) is 0.0904. The highest BCUT2D eigenvalue weighted by Crippen LogP contribution is 2.31. The number of benzene rings is 2. The number of hydrogen-bond acceptors (Lipinski definition) is 10. The van der Waals surface area contributed by atoms with Gasteiger partial charge in [0.1, 0.15) is 16.7 Å². The molecule has 2 heterocycles. The Labute approximate surface area is 398 Å². The smallest absolute Gasteiger partial charge is 0.270 e. The molecule has 4 rings (SSSR count). The van der Waals surface area contributed by atoms with Gasteiger partial charge in [0.2, 0.25) is 23.6 Å². The van der Waals surface area contributed by atoms with Crippen LogP contribution in [0.25, 0.3) is 0 Å². The normalized spacial score (nSPS) is 17.7. The summed E-state index contributed by atoms with van der Waals surface area (Å²) in [7, 11) is 8.60. The van der Waals surface area contributed by atoms with Gasteiger partial charge in [-0.3, -0.25) is 28.9 Å². The number of nitrogens with zero attached hydrogens (tertiary/aromatic N) is 4. The Hall–Kier alpha value is -4.70. The van der Waals surface area contributed by atoms with Gasteiger partial charge in [0.05, 0.1) is 48.7 Å². The van der Waals surface area contributed by atoms with Gasteiger partial charge >= 0.3 is 0 Å². The SMILES string of the molecule is CC[C@H](C)[C@H]([C@@H](CC(=O)N1CCC[C@H]1[C@H](OC)[C@@H](C)C(=O)N[C@@H](Cc1ccccc1)c1nc(C(=O)NCCc2ccccc2)cs1)OC)N(C)C(=O)[C@@H](NC(=O)[C@H](C(C)C)N(C)C)C(C)C. The number of carbonyl (C=O) groups is 5. The third-order valence-electron chi connectivity index (χ3n) is 13.1. The molecule has 364 valence electrons. The zero-order valence-electron chi connectivity index (χ0n) is 41.4. The summed E-state index contributed by atoms with van der Waals surface area (Å²) in [6, 6.07) is 17.2. The van der Waals surface area contributed by atoms with Crippen LogP contribution in [0.15, 0.2) is 66.0 Å². The van der Waals surface area contributed by atoms with Gasteiger partial charge in [-0.15, -0.1) is 11.3 Å². The molecule has 0 saturated carbocycles. The highest BCUT2D eigenvalue weighted by molar-refractivity contribution is 7.09. The van der Waals surface area contributed by atoms with E-state index in [2.05, 4.69) is 16.0 Å². The molecule has 5 amide bonds. The predicted octanol–water partition coefficient (Wildman–Crippen LogP) is 6.16. The van der Waals surface area contributed by atoms with Crippen molar-refractivity contribution < 1.29 is 33.4 Å². The summed E-state index contributed by atoms with van der Waals surface area (Å²) in [5, 5.41) is 11.6. The minimum absolute atomic E-state index is 0.0107. The molecule has 0 radical (unpaired) electrons. The number of hydrogen-bond donors (Lipinski definition) is 3. The minimum Gasteiger partial charge on any atom is -0.379 e. The van der Waals surface area contributed by atoms with Crippen molar-refractivity contribution in [2.75, 3.05) is 48.5 Å². The van der Waals surface area contributed by atoms with Crippen LogP contribution in [0, 0.1) is 23.7 Å². The molecular formula is C51H77N7O7S. The lowest BCUT2D eigenvalue weighted by Crippen LogP contribution is -2.59. The van der Waals surface area contributed by atoms with Gasteiger partial charge in [0, 0.05) is 39.7 Å². The van der Waals surface area contributed by atoms with E-state index in [0.29, 0.717) is 43.1 Å². The van der Waals surface area contributed by atoms with E-state index in [0.717, 1.165) is 24.0 Å². The first kappa shape index (κ1) is 53.9. The number of aromatic nitrogens is 1. The van der Waals surface area contributed by atoms with Crippen LogP contribution in [-0.2, 0) is 41.5 Å². The lowest BCUT2D eigenvalue weighted by molar-refractivity contribution is -0.148. The first-order valence-corrected chi connectivity index (χ1v) is 24.5. The average Bonchev–Trinajstić information content (AvgIpc) is 3.99.